The standard InChI is InChI=1S/C17H10ClN3O4/c18-11-4-2-1-3-10(11)12-8-15(25-21-12)16(22)19-9-5-6-14-13(7-9)20-17(23)24-14/h1-8H,(H,19,22)(H,20,23). The van der Waals surface area contributed by atoms with Gasteiger partial charge in [-0.1, -0.05) is 35.0 Å². The normalized spacial score (nSPS) is 10.9. The molecule has 0 unspecified atom stereocenters. The maximum atomic E-state index is 12.3. The average molecular weight is 356 g/mol. The van der Waals surface area contributed by atoms with Gasteiger partial charge in [0, 0.05) is 17.3 Å². The highest BCUT2D eigenvalue weighted by molar-refractivity contribution is 6.33. The molecule has 0 aliphatic carbocycles. The van der Waals surface area contributed by atoms with Crippen molar-refractivity contribution in [2.45, 2.75) is 0 Å². The average Bonchev–Trinajstić information content (AvgIpc) is 3.20. The molecule has 0 aliphatic rings. The lowest BCUT2D eigenvalue weighted by Gasteiger charge is -2.01. The van der Waals surface area contributed by atoms with Crippen LogP contribution >= 0.6 is 11.6 Å². The van der Waals surface area contributed by atoms with Crippen LogP contribution < -0.4 is 11.1 Å². The number of hydrogen-bond donors (Lipinski definition) is 2. The van der Waals surface area contributed by atoms with Crippen molar-refractivity contribution in [1.82, 2.24) is 10.1 Å². The summed E-state index contributed by atoms with van der Waals surface area (Å²) in [6.07, 6.45) is 0. The Morgan fingerprint density at radius 2 is 2.00 bits per heavy atom. The topological polar surface area (TPSA) is 101 Å². The van der Waals surface area contributed by atoms with E-state index in [-0.39, 0.29) is 5.76 Å². The summed E-state index contributed by atoms with van der Waals surface area (Å²) >= 11 is 6.11. The lowest BCUT2D eigenvalue weighted by atomic mass is 10.1. The number of fused-ring (bicyclic) bond motifs is 1. The van der Waals surface area contributed by atoms with Crippen LogP contribution in [0.5, 0.6) is 0 Å². The minimum Gasteiger partial charge on any atom is -0.408 e. The number of carbonyl (C=O) groups is 1. The largest absolute Gasteiger partial charge is 0.417 e. The van der Waals surface area contributed by atoms with Crippen molar-refractivity contribution in [3.8, 4) is 11.3 Å². The van der Waals surface area contributed by atoms with Crippen LogP contribution in [0.1, 0.15) is 10.6 Å². The zero-order valence-electron chi connectivity index (χ0n) is 12.6. The molecule has 25 heavy (non-hydrogen) atoms. The Kier molecular flexibility index (Phi) is 3.62. The van der Waals surface area contributed by atoms with Gasteiger partial charge in [-0.3, -0.25) is 9.78 Å². The van der Waals surface area contributed by atoms with Crippen LogP contribution in [-0.2, 0) is 0 Å². The molecule has 4 aromatic rings. The third-order valence-corrected chi connectivity index (χ3v) is 3.89. The van der Waals surface area contributed by atoms with E-state index in [1.807, 2.05) is 6.07 Å². The number of hydrogen-bond acceptors (Lipinski definition) is 5. The van der Waals surface area contributed by atoms with Gasteiger partial charge in [0.1, 0.15) is 5.69 Å². The molecule has 0 saturated heterocycles. The number of anilines is 1. The fourth-order valence-electron chi connectivity index (χ4n) is 2.40. The quantitative estimate of drug-likeness (QED) is 0.583. The Bertz CT molecular complexity index is 1140. The predicted molar refractivity (Wildman–Crippen MR) is 91.7 cm³/mol. The first kappa shape index (κ1) is 15.2. The Morgan fingerprint density at radius 1 is 1.16 bits per heavy atom. The maximum Gasteiger partial charge on any atom is 0.417 e. The summed E-state index contributed by atoms with van der Waals surface area (Å²) in [7, 11) is 0. The third-order valence-electron chi connectivity index (χ3n) is 3.56. The lowest BCUT2D eigenvalue weighted by molar-refractivity contribution is 0.0988. The van der Waals surface area contributed by atoms with Crippen LogP contribution in [0.4, 0.5) is 5.69 Å². The molecule has 2 aromatic heterocycles. The molecule has 2 heterocycles. The van der Waals surface area contributed by atoms with Crippen LogP contribution in [0.3, 0.4) is 0 Å². The first-order valence-electron chi connectivity index (χ1n) is 7.26. The number of carbonyl (C=O) groups excluding carboxylic acids is 1. The molecule has 0 radical (unpaired) electrons. The number of amides is 1. The van der Waals surface area contributed by atoms with Crippen LogP contribution in [0.2, 0.25) is 5.02 Å². The highest BCUT2D eigenvalue weighted by Gasteiger charge is 2.16. The smallest absolute Gasteiger partial charge is 0.408 e. The molecule has 0 fully saturated rings. The zero-order chi connectivity index (χ0) is 17.4. The molecule has 0 bridgehead atoms. The summed E-state index contributed by atoms with van der Waals surface area (Å²) in [4.78, 5) is 26.0. The number of rotatable bonds is 3. The number of aromatic nitrogens is 2. The predicted octanol–water partition coefficient (Wildman–Crippen LogP) is 3.68. The van der Waals surface area contributed by atoms with Gasteiger partial charge in [0.05, 0.1) is 10.5 Å². The Labute approximate surface area is 145 Å². The van der Waals surface area contributed by atoms with Crippen LogP contribution in [0, 0.1) is 0 Å². The Hall–Kier alpha value is -3.32. The van der Waals surface area contributed by atoms with Gasteiger partial charge in [0.2, 0.25) is 5.76 Å². The number of benzene rings is 2. The summed E-state index contributed by atoms with van der Waals surface area (Å²) < 4.78 is 10.0. The lowest BCUT2D eigenvalue weighted by Crippen LogP contribution is -2.10. The van der Waals surface area contributed by atoms with Crippen LogP contribution in [0.25, 0.3) is 22.4 Å². The molecule has 2 aromatic carbocycles. The van der Waals surface area contributed by atoms with E-state index in [2.05, 4.69) is 15.5 Å². The molecule has 0 spiro atoms. The summed E-state index contributed by atoms with van der Waals surface area (Å²) in [5, 5.41) is 7.06. The zero-order valence-corrected chi connectivity index (χ0v) is 13.3. The van der Waals surface area contributed by atoms with Crippen molar-refractivity contribution >= 4 is 34.3 Å². The summed E-state index contributed by atoms with van der Waals surface area (Å²) in [5.41, 5.74) is 2.50. The van der Waals surface area contributed by atoms with E-state index in [1.54, 1.807) is 36.4 Å². The van der Waals surface area contributed by atoms with Crippen molar-refractivity contribution in [2.75, 3.05) is 5.32 Å². The van der Waals surface area contributed by atoms with Gasteiger partial charge in [-0.15, -0.1) is 0 Å². The number of nitrogens with one attached hydrogen (secondary N) is 2. The van der Waals surface area contributed by atoms with E-state index in [1.165, 1.54) is 6.07 Å². The Balaban J connectivity index is 1.58. The summed E-state index contributed by atoms with van der Waals surface area (Å²) in [6.45, 7) is 0. The SMILES string of the molecule is O=C(Nc1ccc2oc(=O)[nH]c2c1)c1cc(-c2ccccc2Cl)no1. The van der Waals surface area contributed by atoms with Gasteiger partial charge < -0.3 is 14.3 Å². The van der Waals surface area contributed by atoms with Crippen molar-refractivity contribution in [3.05, 3.63) is 69.9 Å². The van der Waals surface area contributed by atoms with Gasteiger partial charge in [-0.2, -0.15) is 0 Å². The van der Waals surface area contributed by atoms with Gasteiger partial charge in [-0.05, 0) is 24.3 Å². The maximum absolute atomic E-state index is 12.3. The fourth-order valence-corrected chi connectivity index (χ4v) is 2.63. The second kappa shape index (κ2) is 5.95. The minimum atomic E-state index is -0.557. The van der Waals surface area contributed by atoms with E-state index in [0.29, 0.717) is 33.1 Å². The second-order valence-electron chi connectivity index (χ2n) is 5.24. The molecule has 2 N–H and O–H groups in total. The molecule has 1 amide bonds. The Morgan fingerprint density at radius 3 is 2.84 bits per heavy atom. The highest BCUT2D eigenvalue weighted by Crippen LogP contribution is 2.27. The van der Waals surface area contributed by atoms with E-state index >= 15 is 0 Å². The number of nitrogens with zero attached hydrogens (tertiary/aromatic N) is 1. The number of oxazole rings is 1. The molecule has 4 rings (SSSR count). The van der Waals surface area contributed by atoms with Gasteiger partial charge in [0.25, 0.3) is 5.91 Å². The van der Waals surface area contributed by atoms with Crippen molar-refractivity contribution in [2.24, 2.45) is 0 Å². The fraction of sp³-hybridized carbons (Fsp3) is 0. The first-order chi connectivity index (χ1) is 12.1. The number of halogens is 1. The monoisotopic (exact) mass is 355 g/mol. The second-order valence-corrected chi connectivity index (χ2v) is 5.64. The molecule has 0 atom stereocenters. The molecule has 7 nitrogen and oxygen atoms in total. The highest BCUT2D eigenvalue weighted by atomic mass is 35.5. The third kappa shape index (κ3) is 2.92. The van der Waals surface area contributed by atoms with Crippen molar-refractivity contribution in [1.29, 1.82) is 0 Å². The number of H-pyrrole nitrogens is 1. The molecule has 8 heteroatoms. The molecular weight excluding hydrogens is 346 g/mol. The van der Waals surface area contributed by atoms with Crippen LogP contribution in [-0.4, -0.2) is 16.0 Å². The van der Waals surface area contributed by atoms with Gasteiger partial charge in [0.15, 0.2) is 5.58 Å². The molecular formula is C17H10ClN3O4. The molecule has 0 aliphatic heterocycles. The minimum absolute atomic E-state index is 0.0377. The summed E-state index contributed by atoms with van der Waals surface area (Å²) in [5.74, 6) is -0.996. The van der Waals surface area contributed by atoms with E-state index in [0.717, 1.165) is 0 Å². The van der Waals surface area contributed by atoms with Crippen molar-refractivity contribution < 1.29 is 13.7 Å². The van der Waals surface area contributed by atoms with E-state index in [9.17, 15) is 9.59 Å². The number of aromatic amines is 1. The van der Waals surface area contributed by atoms with E-state index in [4.69, 9.17) is 20.5 Å². The molecule has 0 saturated carbocycles. The summed E-state index contributed by atoms with van der Waals surface area (Å²) in [6, 6.07) is 13.4. The molecule has 124 valence electrons. The van der Waals surface area contributed by atoms with Gasteiger partial charge >= 0.3 is 5.76 Å². The first-order valence-corrected chi connectivity index (χ1v) is 7.64. The van der Waals surface area contributed by atoms with Gasteiger partial charge in [-0.25, -0.2) is 4.79 Å². The van der Waals surface area contributed by atoms with E-state index < -0.39 is 11.7 Å². The van der Waals surface area contributed by atoms with Crippen molar-refractivity contribution in [3.63, 3.8) is 0 Å². The van der Waals surface area contributed by atoms with Crippen LogP contribution in [0.15, 0.2) is 62.3 Å².